The van der Waals surface area contributed by atoms with Crippen LogP contribution in [0.4, 0.5) is 13.2 Å². The topological polar surface area (TPSA) is 94.0 Å². The smallest absolute Gasteiger partial charge is 0.274 e. The van der Waals surface area contributed by atoms with Crippen LogP contribution >= 0.6 is 11.6 Å². The molecule has 0 aromatic carbocycles. The molecule has 0 radical (unpaired) electrons. The maximum Gasteiger partial charge on any atom is 0.436 e. The molecule has 0 fully saturated rings. The number of pyridine rings is 1. The van der Waals surface area contributed by atoms with Crippen LogP contribution < -0.4 is 4.72 Å². The van der Waals surface area contributed by atoms with Crippen LogP contribution in [0.2, 0.25) is 5.15 Å². The molecular weight excluding hydrogens is 373 g/mol. The minimum atomic E-state index is -5.00. The summed E-state index contributed by atoms with van der Waals surface area (Å²) >= 11 is 5.74. The SMILES string of the molecule is Cc1ccc(C(=O)NS(=O)(=O)c2cn(C)nc2C(F)(F)F)c(Cl)n1. The Kier molecular flexibility index (Phi) is 4.59. The van der Waals surface area contributed by atoms with Gasteiger partial charge in [-0.25, -0.2) is 18.1 Å². The van der Waals surface area contributed by atoms with Gasteiger partial charge in [-0.3, -0.25) is 9.48 Å². The third kappa shape index (κ3) is 3.67. The van der Waals surface area contributed by atoms with Gasteiger partial charge >= 0.3 is 6.18 Å². The number of aryl methyl sites for hydroxylation is 2. The van der Waals surface area contributed by atoms with E-state index >= 15 is 0 Å². The fraction of sp³-hybridized carbons (Fsp3) is 0.250. The van der Waals surface area contributed by atoms with E-state index in [1.165, 1.54) is 16.9 Å². The summed E-state index contributed by atoms with van der Waals surface area (Å²) < 4.78 is 65.1. The molecule has 0 bridgehead atoms. The standard InChI is InChI=1S/C12H10ClF3N4O3S/c1-6-3-4-7(10(13)17-6)11(21)19-24(22,23)8-5-20(2)18-9(8)12(14,15)16/h3-5H,1-2H3,(H,19,21). The van der Waals surface area contributed by atoms with Crippen LogP contribution in [0.3, 0.4) is 0 Å². The number of hydrogen-bond acceptors (Lipinski definition) is 5. The third-order valence-corrected chi connectivity index (χ3v) is 4.43. The zero-order valence-electron chi connectivity index (χ0n) is 12.2. The molecule has 1 N–H and O–H groups in total. The van der Waals surface area contributed by atoms with Gasteiger partial charge in [0.2, 0.25) is 0 Å². The van der Waals surface area contributed by atoms with Gasteiger partial charge in [0.25, 0.3) is 15.9 Å². The van der Waals surface area contributed by atoms with Crippen molar-refractivity contribution in [2.75, 3.05) is 0 Å². The molecule has 0 saturated carbocycles. The Labute approximate surface area is 139 Å². The maximum atomic E-state index is 12.9. The minimum absolute atomic E-state index is 0.273. The highest BCUT2D eigenvalue weighted by Gasteiger charge is 2.41. The van der Waals surface area contributed by atoms with E-state index in [1.54, 1.807) is 6.92 Å². The van der Waals surface area contributed by atoms with Crippen molar-refractivity contribution in [1.82, 2.24) is 19.5 Å². The Bertz CT molecular complexity index is 909. The predicted molar refractivity (Wildman–Crippen MR) is 76.8 cm³/mol. The molecule has 130 valence electrons. The fourth-order valence-corrected chi connectivity index (χ4v) is 3.23. The Morgan fingerprint density at radius 1 is 1.33 bits per heavy atom. The van der Waals surface area contributed by atoms with Gasteiger partial charge in [0.15, 0.2) is 5.69 Å². The summed E-state index contributed by atoms with van der Waals surface area (Å²) in [5.41, 5.74) is -1.44. The molecule has 12 heteroatoms. The van der Waals surface area contributed by atoms with Crippen molar-refractivity contribution in [3.05, 3.63) is 40.4 Å². The summed E-state index contributed by atoms with van der Waals surface area (Å²) in [6.07, 6.45) is -4.36. The average Bonchev–Trinajstić information content (AvgIpc) is 2.81. The van der Waals surface area contributed by atoms with Crippen LogP contribution in [0, 0.1) is 6.92 Å². The fourth-order valence-electron chi connectivity index (χ4n) is 1.79. The van der Waals surface area contributed by atoms with Gasteiger partial charge < -0.3 is 0 Å². The molecule has 2 aromatic heterocycles. The van der Waals surface area contributed by atoms with Gasteiger partial charge in [0, 0.05) is 18.9 Å². The van der Waals surface area contributed by atoms with Crippen molar-refractivity contribution in [3.8, 4) is 0 Å². The lowest BCUT2D eigenvalue weighted by Crippen LogP contribution is -2.32. The Morgan fingerprint density at radius 3 is 2.50 bits per heavy atom. The number of alkyl halides is 3. The first-order valence-corrected chi connectivity index (χ1v) is 8.09. The molecule has 2 aromatic rings. The van der Waals surface area contributed by atoms with Crippen molar-refractivity contribution < 1.29 is 26.4 Å². The molecular formula is C12H10ClF3N4O3S. The first-order chi connectivity index (χ1) is 10.9. The molecule has 0 aliphatic heterocycles. The Balaban J connectivity index is 2.41. The summed E-state index contributed by atoms with van der Waals surface area (Å²) in [6.45, 7) is 1.59. The van der Waals surface area contributed by atoms with E-state index in [0.717, 1.165) is 7.05 Å². The van der Waals surface area contributed by atoms with Crippen molar-refractivity contribution in [3.63, 3.8) is 0 Å². The molecule has 0 spiro atoms. The molecule has 7 nitrogen and oxygen atoms in total. The van der Waals surface area contributed by atoms with Crippen molar-refractivity contribution in [1.29, 1.82) is 0 Å². The highest BCUT2D eigenvalue weighted by Crippen LogP contribution is 2.32. The lowest BCUT2D eigenvalue weighted by molar-refractivity contribution is -0.143. The number of hydrogen-bond donors (Lipinski definition) is 1. The second-order valence-corrected chi connectivity index (χ2v) is 6.75. The zero-order valence-corrected chi connectivity index (χ0v) is 13.8. The van der Waals surface area contributed by atoms with E-state index in [0.29, 0.717) is 16.6 Å². The average molecular weight is 383 g/mol. The van der Waals surface area contributed by atoms with E-state index in [4.69, 9.17) is 11.6 Å². The molecule has 2 heterocycles. The molecule has 0 unspecified atom stereocenters. The largest absolute Gasteiger partial charge is 0.436 e. The quantitative estimate of drug-likeness (QED) is 0.818. The summed E-state index contributed by atoms with van der Waals surface area (Å²) in [4.78, 5) is 14.6. The summed E-state index contributed by atoms with van der Waals surface area (Å²) in [6, 6.07) is 2.61. The van der Waals surface area contributed by atoms with E-state index in [9.17, 15) is 26.4 Å². The predicted octanol–water partition coefficient (Wildman–Crippen LogP) is 1.91. The van der Waals surface area contributed by atoms with Gasteiger partial charge in [-0.1, -0.05) is 11.6 Å². The number of carbonyl (C=O) groups is 1. The highest BCUT2D eigenvalue weighted by atomic mass is 35.5. The highest BCUT2D eigenvalue weighted by molar-refractivity contribution is 7.90. The normalized spacial score (nSPS) is 12.2. The van der Waals surface area contributed by atoms with E-state index < -0.39 is 32.7 Å². The molecule has 0 atom stereocenters. The lowest BCUT2D eigenvalue weighted by Gasteiger charge is -2.09. The number of nitrogens with one attached hydrogen (secondary N) is 1. The third-order valence-electron chi connectivity index (χ3n) is 2.81. The second kappa shape index (κ2) is 6.06. The summed E-state index contributed by atoms with van der Waals surface area (Å²) in [5, 5.41) is 2.81. The van der Waals surface area contributed by atoms with Crippen molar-refractivity contribution in [2.24, 2.45) is 7.05 Å². The molecule has 0 aliphatic rings. The van der Waals surface area contributed by atoms with E-state index in [2.05, 4.69) is 10.1 Å². The van der Waals surface area contributed by atoms with Crippen LogP contribution in [0.1, 0.15) is 21.7 Å². The molecule has 24 heavy (non-hydrogen) atoms. The second-order valence-electron chi connectivity index (χ2n) is 4.74. The van der Waals surface area contributed by atoms with Crippen LogP contribution in [0.5, 0.6) is 0 Å². The van der Waals surface area contributed by atoms with Gasteiger partial charge in [-0.15, -0.1) is 0 Å². The number of carbonyl (C=O) groups excluding carboxylic acids is 1. The summed E-state index contributed by atoms with van der Waals surface area (Å²) in [7, 11) is -3.69. The van der Waals surface area contributed by atoms with E-state index in [1.807, 2.05) is 0 Å². The Morgan fingerprint density at radius 2 is 1.96 bits per heavy atom. The van der Waals surface area contributed by atoms with Crippen LogP contribution in [0.15, 0.2) is 23.2 Å². The number of nitrogens with zero attached hydrogens (tertiary/aromatic N) is 3. The number of amides is 1. The number of rotatable bonds is 3. The minimum Gasteiger partial charge on any atom is -0.274 e. The van der Waals surface area contributed by atoms with Crippen LogP contribution in [0.25, 0.3) is 0 Å². The molecule has 2 rings (SSSR count). The maximum absolute atomic E-state index is 12.9. The van der Waals surface area contributed by atoms with Gasteiger partial charge in [-0.05, 0) is 19.1 Å². The van der Waals surface area contributed by atoms with Gasteiger partial charge in [-0.2, -0.15) is 18.3 Å². The van der Waals surface area contributed by atoms with Gasteiger partial charge in [0.05, 0.1) is 5.56 Å². The van der Waals surface area contributed by atoms with Gasteiger partial charge in [0.1, 0.15) is 10.0 Å². The monoisotopic (exact) mass is 382 g/mol. The lowest BCUT2D eigenvalue weighted by atomic mass is 10.2. The first-order valence-electron chi connectivity index (χ1n) is 6.23. The van der Waals surface area contributed by atoms with Crippen molar-refractivity contribution in [2.45, 2.75) is 18.0 Å². The molecule has 0 saturated heterocycles. The van der Waals surface area contributed by atoms with E-state index in [-0.39, 0.29) is 10.7 Å². The van der Waals surface area contributed by atoms with Crippen LogP contribution in [-0.2, 0) is 23.2 Å². The zero-order chi connectivity index (χ0) is 18.3. The Hall–Kier alpha value is -2.14. The summed E-state index contributed by atoms with van der Waals surface area (Å²) in [5.74, 6) is -1.20. The number of aromatic nitrogens is 3. The number of halogens is 4. The first kappa shape index (κ1) is 18.2. The molecule has 1 amide bonds. The number of sulfonamides is 1. The molecule has 0 aliphatic carbocycles. The van der Waals surface area contributed by atoms with Crippen LogP contribution in [-0.4, -0.2) is 29.1 Å². The van der Waals surface area contributed by atoms with Crippen molar-refractivity contribution >= 4 is 27.5 Å².